The first-order chi connectivity index (χ1) is 18.0. The summed E-state index contributed by atoms with van der Waals surface area (Å²) in [4.78, 5) is 0. The molecular weight excluding hydrogens is 586 g/mol. The molecule has 0 saturated heterocycles. The summed E-state index contributed by atoms with van der Waals surface area (Å²) >= 11 is 18.5. The van der Waals surface area contributed by atoms with Crippen LogP contribution in [0.4, 0.5) is 17.1 Å². The molecule has 0 aliphatic rings. The zero-order valence-electron chi connectivity index (χ0n) is 20.2. The second-order valence-corrected chi connectivity index (χ2v) is 9.65. The molecule has 206 valence electrons. The molecule has 0 bridgehead atoms. The van der Waals surface area contributed by atoms with Crippen molar-refractivity contribution in [2.24, 2.45) is 17.5 Å². The van der Waals surface area contributed by atoms with Gasteiger partial charge in [-0.2, -0.15) is 15.5 Å². The van der Waals surface area contributed by atoms with Crippen molar-refractivity contribution < 1.29 is 32.6 Å². The van der Waals surface area contributed by atoms with Gasteiger partial charge < -0.3 is 14.2 Å². The maximum Gasteiger partial charge on any atom is 0.543 e. The van der Waals surface area contributed by atoms with Crippen molar-refractivity contribution in [3.05, 3.63) is 69.7 Å². The van der Waals surface area contributed by atoms with Crippen molar-refractivity contribution in [2.75, 3.05) is 36.8 Å². The largest absolute Gasteiger partial charge is 0.543 e. The van der Waals surface area contributed by atoms with Crippen molar-refractivity contribution in [1.29, 1.82) is 0 Å². The molecule has 0 aliphatic carbocycles. The number of nitrogens with two attached hydrogens (primary N) is 3. The molecule has 0 aromatic heterocycles. The number of benzene rings is 3. The summed E-state index contributed by atoms with van der Waals surface area (Å²) in [6.45, 7) is 0. The summed E-state index contributed by atoms with van der Waals surface area (Å²) in [5, 5.41) is 2.23. The minimum absolute atomic E-state index is 0.0558. The molecule has 3 rings (SSSR count). The van der Waals surface area contributed by atoms with Gasteiger partial charge in [-0.15, -0.1) is 13.9 Å². The molecule has 0 radical (unpaired) electrons. The number of hydrogen-bond donors (Lipinski definition) is 3. The highest BCUT2D eigenvalue weighted by molar-refractivity contribution is 7.48. The van der Waals surface area contributed by atoms with Gasteiger partial charge in [0.1, 0.15) is 17.1 Å². The molecule has 0 heterocycles. The third-order valence-corrected chi connectivity index (χ3v) is 6.75. The number of rotatable bonds is 12. The van der Waals surface area contributed by atoms with Gasteiger partial charge >= 0.3 is 7.82 Å². The molecule has 0 saturated carbocycles. The number of ether oxygens (including phenoxy) is 3. The van der Waals surface area contributed by atoms with E-state index < -0.39 is 7.82 Å². The lowest BCUT2D eigenvalue weighted by Crippen LogP contribution is -2.38. The Bertz CT molecular complexity index is 1170. The number of phosphoric acid groups is 1. The number of methoxy groups -OCH3 is 3. The Morgan fingerprint density at radius 3 is 1.08 bits per heavy atom. The fraction of sp³-hybridized carbons (Fsp3) is 0.143. The van der Waals surface area contributed by atoms with Crippen LogP contribution in [0.15, 0.2) is 54.6 Å². The fourth-order valence-electron chi connectivity index (χ4n) is 3.12. The van der Waals surface area contributed by atoms with E-state index in [2.05, 4.69) is 0 Å². The van der Waals surface area contributed by atoms with E-state index in [9.17, 15) is 4.57 Å². The summed E-state index contributed by atoms with van der Waals surface area (Å²) in [5.41, 5.74) is 0.167. The molecule has 6 N–H and O–H groups in total. The second kappa shape index (κ2) is 12.9. The third kappa shape index (κ3) is 6.65. The molecular formula is C21H24Cl3N6O7P. The average molecular weight is 610 g/mol. The molecule has 0 fully saturated rings. The molecule has 38 heavy (non-hydrogen) atoms. The predicted octanol–water partition coefficient (Wildman–Crippen LogP) is 5.02. The zero-order chi connectivity index (χ0) is 28.0. The van der Waals surface area contributed by atoms with Crippen LogP contribution in [0.3, 0.4) is 0 Å². The summed E-state index contributed by atoms with van der Waals surface area (Å²) in [5.74, 6) is 18.4. The smallest absolute Gasteiger partial charge is 0.493 e. The van der Waals surface area contributed by atoms with Crippen LogP contribution in [0.2, 0.25) is 15.1 Å². The van der Waals surface area contributed by atoms with E-state index in [0.717, 1.165) is 0 Å². The van der Waals surface area contributed by atoms with Crippen LogP contribution < -0.4 is 47.3 Å². The van der Waals surface area contributed by atoms with E-state index in [0.29, 0.717) is 15.5 Å². The fourth-order valence-corrected chi connectivity index (χ4v) is 4.86. The van der Waals surface area contributed by atoms with Gasteiger partial charge in [0.2, 0.25) is 0 Å². The zero-order valence-corrected chi connectivity index (χ0v) is 23.4. The predicted molar refractivity (Wildman–Crippen MR) is 145 cm³/mol. The van der Waals surface area contributed by atoms with Crippen molar-refractivity contribution in [3.63, 3.8) is 0 Å². The Morgan fingerprint density at radius 2 is 0.842 bits per heavy atom. The summed E-state index contributed by atoms with van der Waals surface area (Å²) in [6.07, 6.45) is 0. The van der Waals surface area contributed by atoms with E-state index >= 15 is 0 Å². The number of halogens is 3. The lowest BCUT2D eigenvalue weighted by atomic mass is 10.3. The SMILES string of the molecule is COc1c(Cl)cccc1N(N)OP(=O)(ON(N)c1cccc(Cl)c1OC)ON(N)c1cccc(Cl)c1OC. The Kier molecular flexibility index (Phi) is 10.2. The van der Waals surface area contributed by atoms with Crippen LogP contribution in [0.1, 0.15) is 0 Å². The van der Waals surface area contributed by atoms with Gasteiger partial charge in [-0.25, -0.2) is 22.1 Å². The third-order valence-electron chi connectivity index (χ3n) is 4.73. The van der Waals surface area contributed by atoms with Crippen molar-refractivity contribution in [3.8, 4) is 17.2 Å². The normalized spacial score (nSPS) is 11.2. The lowest BCUT2D eigenvalue weighted by Gasteiger charge is -2.30. The van der Waals surface area contributed by atoms with Gasteiger partial charge in [0.15, 0.2) is 17.2 Å². The molecule has 0 atom stereocenters. The Balaban J connectivity index is 2.01. The first-order valence-electron chi connectivity index (χ1n) is 10.4. The van der Waals surface area contributed by atoms with E-state index in [1.165, 1.54) is 39.5 Å². The van der Waals surface area contributed by atoms with Crippen LogP contribution in [0.25, 0.3) is 0 Å². The van der Waals surface area contributed by atoms with E-state index in [1.54, 1.807) is 36.4 Å². The lowest BCUT2D eigenvalue weighted by molar-refractivity contribution is 0.0849. The Morgan fingerprint density at radius 1 is 0.579 bits per heavy atom. The van der Waals surface area contributed by atoms with E-state index in [1.807, 2.05) is 0 Å². The van der Waals surface area contributed by atoms with Crippen molar-refractivity contribution in [2.45, 2.75) is 0 Å². The maximum absolute atomic E-state index is 14.0. The van der Waals surface area contributed by atoms with Crippen LogP contribution in [0.5, 0.6) is 17.2 Å². The van der Waals surface area contributed by atoms with Gasteiger partial charge in [0.25, 0.3) is 0 Å². The second-order valence-electron chi connectivity index (χ2n) is 7.05. The standard InChI is InChI=1S/C21H24Cl3N6O7P/c1-32-19-13(22)7-4-10-16(19)28(25)35-38(31,36-29(26)17-11-5-8-14(23)20(17)33-2)37-30(27)18-12-6-9-15(24)21(18)34-3/h4-12H,25-27H2,1-3H3. The molecule has 0 spiro atoms. The van der Waals surface area contributed by atoms with Crippen molar-refractivity contribution in [1.82, 2.24) is 0 Å². The highest BCUT2D eigenvalue weighted by Crippen LogP contribution is 2.54. The molecule has 0 unspecified atom stereocenters. The summed E-state index contributed by atoms with van der Waals surface area (Å²) in [6, 6.07) is 13.7. The van der Waals surface area contributed by atoms with Gasteiger partial charge in [-0.3, -0.25) is 0 Å². The number of nitrogens with zero attached hydrogens (tertiary/aromatic N) is 3. The monoisotopic (exact) mass is 608 g/mol. The topological polar surface area (TPSA) is 160 Å². The van der Waals surface area contributed by atoms with E-state index in [-0.39, 0.29) is 49.4 Å². The van der Waals surface area contributed by atoms with E-state index in [4.69, 9.17) is 80.4 Å². The molecule has 0 aliphatic heterocycles. The first-order valence-corrected chi connectivity index (χ1v) is 13.0. The minimum Gasteiger partial charge on any atom is -0.493 e. The van der Waals surface area contributed by atoms with Crippen LogP contribution in [-0.4, -0.2) is 21.3 Å². The first kappa shape index (κ1) is 29.9. The summed E-state index contributed by atoms with van der Waals surface area (Å²) in [7, 11) is -0.856. The minimum atomic E-state index is -4.91. The molecule has 13 nitrogen and oxygen atoms in total. The van der Waals surface area contributed by atoms with Gasteiger partial charge in [-0.05, 0) is 36.4 Å². The van der Waals surface area contributed by atoms with Gasteiger partial charge in [-0.1, -0.05) is 53.0 Å². The maximum atomic E-state index is 14.0. The number of anilines is 3. The highest BCUT2D eigenvalue weighted by atomic mass is 35.5. The van der Waals surface area contributed by atoms with Gasteiger partial charge in [0.05, 0.1) is 36.4 Å². The Labute approximate surface area is 233 Å². The van der Waals surface area contributed by atoms with Crippen LogP contribution in [-0.2, 0) is 18.4 Å². The van der Waals surface area contributed by atoms with Crippen LogP contribution >= 0.6 is 42.6 Å². The molecule has 17 heteroatoms. The highest BCUT2D eigenvalue weighted by Gasteiger charge is 2.39. The van der Waals surface area contributed by atoms with Crippen LogP contribution in [0, 0.1) is 0 Å². The number of para-hydroxylation sites is 3. The molecule has 0 amide bonds. The van der Waals surface area contributed by atoms with Crippen molar-refractivity contribution >= 4 is 59.7 Å². The Hall–Kier alpha value is -2.68. The quantitative estimate of drug-likeness (QED) is 0.143. The number of hydrazine groups is 3. The molecule has 3 aromatic carbocycles. The summed E-state index contributed by atoms with van der Waals surface area (Å²) < 4.78 is 46.0. The van der Waals surface area contributed by atoms with Gasteiger partial charge in [0, 0.05) is 0 Å². The molecule has 3 aromatic rings. The average Bonchev–Trinajstić information content (AvgIpc) is 2.87. The number of hydrogen-bond acceptors (Lipinski definition) is 13.